The minimum Gasteiger partial charge on any atom is -0.270 e. The van der Waals surface area contributed by atoms with E-state index in [-0.39, 0.29) is 5.75 Å². The van der Waals surface area contributed by atoms with Crippen LogP contribution < -0.4 is 4.31 Å². The number of sulfonamides is 1. The van der Waals surface area contributed by atoms with Crippen molar-refractivity contribution < 1.29 is 8.42 Å². The van der Waals surface area contributed by atoms with Gasteiger partial charge in [-0.05, 0) is 43.9 Å². The molecule has 1 aliphatic heterocycles. The number of aryl methyl sites for hydroxylation is 1. The Morgan fingerprint density at radius 3 is 2.81 bits per heavy atom. The second-order valence-electron chi connectivity index (χ2n) is 4.15. The average molecular weight is 239 g/mol. The molecule has 0 saturated carbocycles. The van der Waals surface area contributed by atoms with Crippen LogP contribution in [-0.4, -0.2) is 20.7 Å². The summed E-state index contributed by atoms with van der Waals surface area (Å²) in [4.78, 5) is 0. The van der Waals surface area contributed by atoms with Crippen LogP contribution in [0, 0.1) is 6.92 Å². The zero-order valence-electron chi connectivity index (χ0n) is 9.73. The summed E-state index contributed by atoms with van der Waals surface area (Å²) >= 11 is 0. The fourth-order valence-corrected chi connectivity index (χ4v) is 3.40. The van der Waals surface area contributed by atoms with Crippen molar-refractivity contribution in [3.8, 4) is 0 Å². The van der Waals surface area contributed by atoms with E-state index in [1.807, 2.05) is 25.1 Å². The summed E-state index contributed by atoms with van der Waals surface area (Å²) in [5.41, 5.74) is 3.26. The highest BCUT2D eigenvalue weighted by Crippen LogP contribution is 2.31. The lowest BCUT2D eigenvalue weighted by Crippen LogP contribution is -2.36. The Morgan fingerprint density at radius 2 is 2.12 bits per heavy atom. The Bertz CT molecular complexity index is 494. The van der Waals surface area contributed by atoms with E-state index >= 15 is 0 Å². The van der Waals surface area contributed by atoms with Gasteiger partial charge in [-0.15, -0.1) is 0 Å². The Balaban J connectivity index is 2.53. The van der Waals surface area contributed by atoms with E-state index in [0.717, 1.165) is 18.5 Å². The maximum Gasteiger partial charge on any atom is 0.234 e. The summed E-state index contributed by atoms with van der Waals surface area (Å²) in [6.45, 7) is 4.35. The van der Waals surface area contributed by atoms with E-state index in [0.29, 0.717) is 6.54 Å². The van der Waals surface area contributed by atoms with Crippen LogP contribution in [0.2, 0.25) is 0 Å². The Morgan fingerprint density at radius 1 is 1.38 bits per heavy atom. The maximum atomic E-state index is 12.0. The molecule has 4 heteroatoms. The molecule has 0 N–H and O–H groups in total. The first kappa shape index (κ1) is 11.5. The van der Waals surface area contributed by atoms with Gasteiger partial charge in [-0.1, -0.05) is 12.1 Å². The van der Waals surface area contributed by atoms with Crippen molar-refractivity contribution in [1.82, 2.24) is 0 Å². The van der Waals surface area contributed by atoms with Crippen molar-refractivity contribution in [3.05, 3.63) is 29.3 Å². The predicted molar refractivity (Wildman–Crippen MR) is 66.3 cm³/mol. The molecule has 3 nitrogen and oxygen atoms in total. The quantitative estimate of drug-likeness (QED) is 0.792. The summed E-state index contributed by atoms with van der Waals surface area (Å²) in [6, 6.07) is 5.88. The second kappa shape index (κ2) is 4.09. The van der Waals surface area contributed by atoms with Crippen LogP contribution in [0.1, 0.15) is 24.5 Å². The molecule has 0 spiro atoms. The average Bonchev–Trinajstić information content (AvgIpc) is 2.29. The Kier molecular flexibility index (Phi) is 2.93. The van der Waals surface area contributed by atoms with Crippen molar-refractivity contribution >= 4 is 15.7 Å². The van der Waals surface area contributed by atoms with Crippen molar-refractivity contribution in [3.63, 3.8) is 0 Å². The van der Waals surface area contributed by atoms with Gasteiger partial charge in [0.25, 0.3) is 0 Å². The van der Waals surface area contributed by atoms with Crippen LogP contribution in [0.15, 0.2) is 18.2 Å². The molecule has 1 aromatic carbocycles. The smallest absolute Gasteiger partial charge is 0.234 e. The lowest BCUT2D eigenvalue weighted by molar-refractivity contribution is 0.587. The molecule has 0 fully saturated rings. The molecule has 2 rings (SSSR count). The first-order chi connectivity index (χ1) is 7.56. The van der Waals surface area contributed by atoms with E-state index < -0.39 is 10.0 Å². The number of anilines is 1. The number of fused-ring (bicyclic) bond motifs is 1. The van der Waals surface area contributed by atoms with Crippen molar-refractivity contribution in [1.29, 1.82) is 0 Å². The van der Waals surface area contributed by atoms with E-state index in [2.05, 4.69) is 0 Å². The number of rotatable bonds is 2. The van der Waals surface area contributed by atoms with Crippen molar-refractivity contribution in [2.24, 2.45) is 0 Å². The van der Waals surface area contributed by atoms with Gasteiger partial charge >= 0.3 is 0 Å². The summed E-state index contributed by atoms with van der Waals surface area (Å²) < 4.78 is 25.5. The minimum absolute atomic E-state index is 0.167. The number of benzene rings is 1. The molecule has 1 aliphatic rings. The molecule has 0 aromatic heterocycles. The highest BCUT2D eigenvalue weighted by atomic mass is 32.2. The summed E-state index contributed by atoms with van der Waals surface area (Å²) in [5, 5.41) is 0. The fraction of sp³-hybridized carbons (Fsp3) is 0.500. The highest BCUT2D eigenvalue weighted by Gasteiger charge is 2.26. The molecule has 0 aliphatic carbocycles. The van der Waals surface area contributed by atoms with Gasteiger partial charge in [-0.2, -0.15) is 0 Å². The third-order valence-corrected chi connectivity index (χ3v) is 4.92. The van der Waals surface area contributed by atoms with Gasteiger partial charge in [0, 0.05) is 6.54 Å². The predicted octanol–water partition coefficient (Wildman–Crippen LogP) is 2.10. The van der Waals surface area contributed by atoms with Crippen molar-refractivity contribution in [2.75, 3.05) is 16.6 Å². The zero-order valence-corrected chi connectivity index (χ0v) is 10.5. The molecule has 0 bridgehead atoms. The summed E-state index contributed by atoms with van der Waals surface area (Å²) in [5.74, 6) is 0.167. The second-order valence-corrected chi connectivity index (χ2v) is 6.33. The van der Waals surface area contributed by atoms with Crippen LogP contribution >= 0.6 is 0 Å². The third kappa shape index (κ3) is 1.82. The minimum atomic E-state index is -3.12. The molecule has 0 saturated heterocycles. The van der Waals surface area contributed by atoms with Gasteiger partial charge in [0.15, 0.2) is 0 Å². The van der Waals surface area contributed by atoms with Crippen LogP contribution in [0.5, 0.6) is 0 Å². The topological polar surface area (TPSA) is 37.4 Å². The summed E-state index contributed by atoms with van der Waals surface area (Å²) in [7, 11) is -3.12. The molecule has 88 valence electrons. The van der Waals surface area contributed by atoms with Gasteiger partial charge in [-0.25, -0.2) is 8.42 Å². The molecule has 0 amide bonds. The van der Waals surface area contributed by atoms with Gasteiger partial charge in [0.05, 0.1) is 11.4 Å². The molecule has 0 unspecified atom stereocenters. The highest BCUT2D eigenvalue weighted by molar-refractivity contribution is 7.92. The summed E-state index contributed by atoms with van der Waals surface area (Å²) in [6.07, 6.45) is 1.90. The number of hydrogen-bond acceptors (Lipinski definition) is 2. The third-order valence-electron chi connectivity index (χ3n) is 3.14. The van der Waals surface area contributed by atoms with Crippen LogP contribution in [0.4, 0.5) is 5.69 Å². The SMILES string of the molecule is CCS(=O)(=O)N1CCCc2c(C)cccc21. The van der Waals surface area contributed by atoms with Crippen LogP contribution in [-0.2, 0) is 16.4 Å². The maximum absolute atomic E-state index is 12.0. The van der Waals surface area contributed by atoms with Gasteiger partial charge in [-0.3, -0.25) is 4.31 Å². The fourth-order valence-electron chi connectivity index (χ4n) is 2.21. The first-order valence-electron chi connectivity index (χ1n) is 5.65. The van der Waals surface area contributed by atoms with Crippen molar-refractivity contribution in [2.45, 2.75) is 26.7 Å². The molecule has 0 radical (unpaired) electrons. The number of hydrogen-bond donors (Lipinski definition) is 0. The van der Waals surface area contributed by atoms with E-state index in [4.69, 9.17) is 0 Å². The number of nitrogens with zero attached hydrogens (tertiary/aromatic N) is 1. The molecular weight excluding hydrogens is 222 g/mol. The van der Waals surface area contributed by atoms with Crippen LogP contribution in [0.3, 0.4) is 0 Å². The van der Waals surface area contributed by atoms with E-state index in [9.17, 15) is 8.42 Å². The standard InChI is InChI=1S/C12H17NO2S/c1-3-16(14,15)13-9-5-7-11-10(2)6-4-8-12(11)13/h4,6,8H,3,5,7,9H2,1-2H3. The normalized spacial score (nSPS) is 16.0. The monoisotopic (exact) mass is 239 g/mol. The lowest BCUT2D eigenvalue weighted by Gasteiger charge is -2.31. The molecule has 16 heavy (non-hydrogen) atoms. The van der Waals surface area contributed by atoms with E-state index in [1.165, 1.54) is 11.1 Å². The largest absolute Gasteiger partial charge is 0.270 e. The first-order valence-corrected chi connectivity index (χ1v) is 7.26. The molecular formula is C12H17NO2S. The molecule has 1 aromatic rings. The van der Waals surface area contributed by atoms with Gasteiger partial charge < -0.3 is 0 Å². The van der Waals surface area contributed by atoms with Gasteiger partial charge in [0.1, 0.15) is 0 Å². The lowest BCUT2D eigenvalue weighted by atomic mass is 9.99. The molecule has 1 heterocycles. The van der Waals surface area contributed by atoms with Crippen LogP contribution in [0.25, 0.3) is 0 Å². The Labute approximate surface area is 97.1 Å². The molecule has 0 atom stereocenters. The van der Waals surface area contributed by atoms with E-state index in [1.54, 1.807) is 11.2 Å². The van der Waals surface area contributed by atoms with Gasteiger partial charge in [0.2, 0.25) is 10.0 Å². The Hall–Kier alpha value is -1.03. The zero-order chi connectivity index (χ0) is 11.8.